The minimum atomic E-state index is -0.718. The van der Waals surface area contributed by atoms with Gasteiger partial charge in [-0.05, 0) is 6.92 Å². The first kappa shape index (κ1) is 12.9. The Labute approximate surface area is 102 Å². The van der Waals surface area contributed by atoms with Crippen LogP contribution in [0.5, 0.6) is 0 Å². The van der Waals surface area contributed by atoms with Gasteiger partial charge in [-0.3, -0.25) is 10.1 Å². The highest BCUT2D eigenvalue weighted by Crippen LogP contribution is 2.00. The van der Waals surface area contributed by atoms with E-state index in [0.717, 1.165) is 5.69 Å². The Kier molecular flexibility index (Phi) is 5.21. The molecule has 1 atom stereocenters. The van der Waals surface area contributed by atoms with Gasteiger partial charge in [-0.2, -0.15) is 0 Å². The monoisotopic (exact) mass is 261 g/mol. The van der Waals surface area contributed by atoms with E-state index in [-0.39, 0.29) is 0 Å². The summed E-state index contributed by atoms with van der Waals surface area (Å²) in [7, 11) is 0. The molecule has 2 N–H and O–H groups in total. The van der Waals surface area contributed by atoms with Crippen LogP contribution < -0.4 is 10.6 Å². The number of urea groups is 1. The van der Waals surface area contributed by atoms with E-state index >= 15 is 0 Å². The number of amides is 3. The lowest BCUT2D eigenvalue weighted by Crippen LogP contribution is -2.42. The van der Waals surface area contributed by atoms with E-state index in [2.05, 4.69) is 15.6 Å². The maximum atomic E-state index is 11.2. The van der Waals surface area contributed by atoms with Gasteiger partial charge in [0.05, 0.1) is 11.2 Å². The highest BCUT2D eigenvalue weighted by atomic mass is 35.5. The number of nitrogens with zero attached hydrogens (tertiary/aromatic N) is 1. The molecule has 1 aromatic heterocycles. The van der Waals surface area contributed by atoms with Crippen molar-refractivity contribution in [1.82, 2.24) is 15.6 Å². The van der Waals surface area contributed by atoms with Crippen molar-refractivity contribution in [2.24, 2.45) is 0 Å². The van der Waals surface area contributed by atoms with Gasteiger partial charge in [0.1, 0.15) is 5.38 Å². The van der Waals surface area contributed by atoms with Gasteiger partial charge in [-0.25, -0.2) is 9.78 Å². The van der Waals surface area contributed by atoms with Gasteiger partial charge in [0.2, 0.25) is 5.91 Å². The summed E-state index contributed by atoms with van der Waals surface area (Å²) in [6.45, 7) is 1.93. The Morgan fingerprint density at radius 1 is 1.62 bits per heavy atom. The first-order valence-corrected chi connectivity index (χ1v) is 6.07. The van der Waals surface area contributed by atoms with Gasteiger partial charge in [-0.1, -0.05) is 0 Å². The van der Waals surface area contributed by atoms with Gasteiger partial charge in [0.15, 0.2) is 0 Å². The zero-order valence-electron chi connectivity index (χ0n) is 8.70. The predicted octanol–water partition coefficient (Wildman–Crippen LogP) is 1.14. The second-order valence-corrected chi connectivity index (χ2v) is 4.46. The first-order valence-electron chi connectivity index (χ1n) is 4.69. The number of halogens is 1. The molecule has 0 fully saturated rings. The standard InChI is InChI=1S/C9H12ClN3O2S/c1-6(10)8(14)13-9(15)11-3-2-7-4-16-5-12-7/h4-6H,2-3H2,1H3,(H2,11,13,14,15). The maximum absolute atomic E-state index is 11.2. The fourth-order valence-electron chi connectivity index (χ4n) is 0.921. The molecule has 7 heteroatoms. The summed E-state index contributed by atoms with van der Waals surface area (Å²) in [5, 5.41) is 5.85. The number of nitrogens with one attached hydrogen (secondary N) is 2. The SMILES string of the molecule is CC(Cl)C(=O)NC(=O)NCCc1cscn1. The molecule has 0 radical (unpaired) electrons. The van der Waals surface area contributed by atoms with Crippen molar-refractivity contribution in [1.29, 1.82) is 0 Å². The number of carbonyl (C=O) groups is 2. The summed E-state index contributed by atoms with van der Waals surface area (Å²) >= 11 is 6.99. The van der Waals surface area contributed by atoms with E-state index in [1.807, 2.05) is 5.38 Å². The van der Waals surface area contributed by atoms with Gasteiger partial charge < -0.3 is 5.32 Å². The van der Waals surface area contributed by atoms with Crippen LogP contribution in [0.15, 0.2) is 10.9 Å². The lowest BCUT2D eigenvalue weighted by Gasteiger charge is -2.06. The summed E-state index contributed by atoms with van der Waals surface area (Å²) in [6, 6.07) is -0.535. The average molecular weight is 262 g/mol. The number of hydrogen-bond acceptors (Lipinski definition) is 4. The molecule has 1 rings (SSSR count). The highest BCUT2D eigenvalue weighted by molar-refractivity contribution is 7.07. The van der Waals surface area contributed by atoms with Crippen molar-refractivity contribution in [3.63, 3.8) is 0 Å². The summed E-state index contributed by atoms with van der Waals surface area (Å²) in [5.41, 5.74) is 2.65. The van der Waals surface area contributed by atoms with Crippen molar-refractivity contribution >= 4 is 34.9 Å². The minimum Gasteiger partial charge on any atom is -0.337 e. The summed E-state index contributed by atoms with van der Waals surface area (Å²) in [6.07, 6.45) is 0.640. The number of hydrogen-bond donors (Lipinski definition) is 2. The first-order chi connectivity index (χ1) is 7.59. The Balaban J connectivity index is 2.18. The van der Waals surface area contributed by atoms with Crippen molar-refractivity contribution in [2.75, 3.05) is 6.54 Å². The molecule has 0 aromatic carbocycles. The quantitative estimate of drug-likeness (QED) is 0.799. The van der Waals surface area contributed by atoms with E-state index in [1.165, 1.54) is 18.3 Å². The van der Waals surface area contributed by atoms with E-state index in [0.29, 0.717) is 13.0 Å². The van der Waals surface area contributed by atoms with Crippen molar-refractivity contribution < 1.29 is 9.59 Å². The van der Waals surface area contributed by atoms with Crippen LogP contribution in [0.4, 0.5) is 4.79 Å². The van der Waals surface area contributed by atoms with Gasteiger partial charge in [0.25, 0.3) is 0 Å². The van der Waals surface area contributed by atoms with Crippen molar-refractivity contribution in [3.05, 3.63) is 16.6 Å². The third-order valence-electron chi connectivity index (χ3n) is 1.75. The van der Waals surface area contributed by atoms with E-state index in [9.17, 15) is 9.59 Å². The molecule has 1 heterocycles. The van der Waals surface area contributed by atoms with Crippen LogP contribution in [0.3, 0.4) is 0 Å². The third kappa shape index (κ3) is 4.59. The van der Waals surface area contributed by atoms with Crippen LogP contribution in [-0.4, -0.2) is 28.8 Å². The Morgan fingerprint density at radius 3 is 2.94 bits per heavy atom. The Morgan fingerprint density at radius 2 is 2.38 bits per heavy atom. The van der Waals surface area contributed by atoms with Gasteiger partial charge >= 0.3 is 6.03 Å². The lowest BCUT2D eigenvalue weighted by molar-refractivity contribution is -0.119. The molecule has 3 amide bonds. The maximum Gasteiger partial charge on any atom is 0.321 e. The molecule has 88 valence electrons. The van der Waals surface area contributed by atoms with Gasteiger partial charge in [-0.15, -0.1) is 22.9 Å². The van der Waals surface area contributed by atoms with E-state index < -0.39 is 17.3 Å². The summed E-state index contributed by atoms with van der Waals surface area (Å²) < 4.78 is 0. The summed E-state index contributed by atoms with van der Waals surface area (Å²) in [5.74, 6) is -0.507. The number of alkyl halides is 1. The van der Waals surface area contributed by atoms with E-state index in [1.54, 1.807) is 5.51 Å². The second-order valence-electron chi connectivity index (χ2n) is 3.09. The van der Waals surface area contributed by atoms with Crippen LogP contribution in [0.25, 0.3) is 0 Å². The molecule has 1 unspecified atom stereocenters. The number of imide groups is 1. The number of thiazole rings is 1. The molecule has 0 saturated carbocycles. The number of carbonyl (C=O) groups excluding carboxylic acids is 2. The molecular formula is C9H12ClN3O2S. The smallest absolute Gasteiger partial charge is 0.321 e. The van der Waals surface area contributed by atoms with Crippen LogP contribution >= 0.6 is 22.9 Å². The molecule has 16 heavy (non-hydrogen) atoms. The van der Waals surface area contributed by atoms with Crippen LogP contribution in [0, 0.1) is 0 Å². The molecule has 0 aliphatic carbocycles. The van der Waals surface area contributed by atoms with Crippen LogP contribution in [0.2, 0.25) is 0 Å². The average Bonchev–Trinajstić information content (AvgIpc) is 2.70. The Bertz CT molecular complexity index is 354. The predicted molar refractivity (Wildman–Crippen MR) is 62.7 cm³/mol. The molecule has 0 saturated heterocycles. The number of rotatable bonds is 4. The van der Waals surface area contributed by atoms with Crippen LogP contribution in [0.1, 0.15) is 12.6 Å². The highest BCUT2D eigenvalue weighted by Gasteiger charge is 2.12. The minimum absolute atomic E-state index is 0.430. The van der Waals surface area contributed by atoms with E-state index in [4.69, 9.17) is 11.6 Å². The molecule has 0 bridgehead atoms. The third-order valence-corrected chi connectivity index (χ3v) is 2.58. The lowest BCUT2D eigenvalue weighted by atomic mass is 10.3. The summed E-state index contributed by atoms with van der Waals surface area (Å²) in [4.78, 5) is 26.3. The van der Waals surface area contributed by atoms with Crippen LogP contribution in [-0.2, 0) is 11.2 Å². The zero-order chi connectivity index (χ0) is 12.0. The van der Waals surface area contributed by atoms with Gasteiger partial charge in [0, 0.05) is 18.3 Å². The molecule has 1 aromatic rings. The molecule has 0 aliphatic rings. The molecule has 0 spiro atoms. The zero-order valence-corrected chi connectivity index (χ0v) is 10.3. The normalized spacial score (nSPS) is 11.9. The van der Waals surface area contributed by atoms with Crippen molar-refractivity contribution in [3.8, 4) is 0 Å². The molecule has 0 aliphatic heterocycles. The molecular weight excluding hydrogens is 250 g/mol. The van der Waals surface area contributed by atoms with Crippen molar-refractivity contribution in [2.45, 2.75) is 18.7 Å². The second kappa shape index (κ2) is 6.44. The fraction of sp³-hybridized carbons (Fsp3) is 0.444. The number of aromatic nitrogens is 1. The fourth-order valence-corrected chi connectivity index (χ4v) is 1.57. The Hall–Kier alpha value is -1.14. The largest absolute Gasteiger partial charge is 0.337 e. The molecule has 5 nitrogen and oxygen atoms in total. The topological polar surface area (TPSA) is 71.1 Å².